The number of nitrogens with zero attached hydrogens (tertiary/aromatic N) is 1. The van der Waals surface area contributed by atoms with Gasteiger partial charge in [-0.2, -0.15) is 0 Å². The number of carbonyl (C=O) groups excluding carboxylic acids is 1. The van der Waals surface area contributed by atoms with E-state index in [9.17, 15) is 4.79 Å². The second kappa shape index (κ2) is 6.26. The van der Waals surface area contributed by atoms with E-state index in [0.717, 1.165) is 15.6 Å². The number of rotatable bonds is 3. The van der Waals surface area contributed by atoms with Gasteiger partial charge >= 0.3 is 0 Å². The Bertz CT molecular complexity index is 887. The van der Waals surface area contributed by atoms with Crippen LogP contribution in [0.15, 0.2) is 35.7 Å². The highest BCUT2D eigenvalue weighted by atomic mass is 32.1. The van der Waals surface area contributed by atoms with Crippen molar-refractivity contribution in [3.8, 4) is 21.4 Å². The summed E-state index contributed by atoms with van der Waals surface area (Å²) in [5.41, 5.74) is 1.41. The number of nitrogens with one attached hydrogen (secondary N) is 1. The van der Waals surface area contributed by atoms with Gasteiger partial charge in [-0.3, -0.25) is 4.79 Å². The first-order chi connectivity index (χ1) is 11.7. The molecule has 0 fully saturated rings. The van der Waals surface area contributed by atoms with Crippen LogP contribution in [0.3, 0.4) is 0 Å². The molecule has 1 aliphatic rings. The molecule has 3 heterocycles. The average molecular weight is 358 g/mol. The van der Waals surface area contributed by atoms with E-state index in [0.29, 0.717) is 35.3 Å². The third-order valence-electron chi connectivity index (χ3n) is 3.53. The number of hydrogen-bond acceptors (Lipinski definition) is 6. The minimum absolute atomic E-state index is 0.163. The van der Waals surface area contributed by atoms with Crippen LogP contribution in [-0.4, -0.2) is 24.1 Å². The molecule has 1 amide bonds. The number of anilines is 1. The summed E-state index contributed by atoms with van der Waals surface area (Å²) >= 11 is 3.02. The Morgan fingerprint density at radius 2 is 2.04 bits per heavy atom. The van der Waals surface area contributed by atoms with Gasteiger partial charge < -0.3 is 14.8 Å². The van der Waals surface area contributed by atoms with Crippen LogP contribution in [0.5, 0.6) is 11.5 Å². The molecule has 2 aromatic heterocycles. The van der Waals surface area contributed by atoms with Crippen LogP contribution < -0.4 is 14.8 Å². The van der Waals surface area contributed by atoms with E-state index in [1.165, 1.54) is 11.3 Å². The van der Waals surface area contributed by atoms with Gasteiger partial charge in [-0.1, -0.05) is 6.07 Å². The molecule has 0 unspecified atom stereocenters. The van der Waals surface area contributed by atoms with Gasteiger partial charge in [0, 0.05) is 11.8 Å². The molecular formula is C17H14N2O3S2. The zero-order valence-corrected chi connectivity index (χ0v) is 14.5. The topological polar surface area (TPSA) is 60.5 Å². The molecule has 0 aliphatic carbocycles. The van der Waals surface area contributed by atoms with Crippen LogP contribution in [0.4, 0.5) is 5.69 Å². The van der Waals surface area contributed by atoms with Crippen molar-refractivity contribution >= 4 is 34.3 Å². The van der Waals surface area contributed by atoms with Gasteiger partial charge in [-0.25, -0.2) is 4.98 Å². The lowest BCUT2D eigenvalue weighted by molar-refractivity contribution is 0.102. The van der Waals surface area contributed by atoms with Crippen LogP contribution in [-0.2, 0) is 0 Å². The highest BCUT2D eigenvalue weighted by Crippen LogP contribution is 2.34. The van der Waals surface area contributed by atoms with E-state index in [-0.39, 0.29) is 5.91 Å². The summed E-state index contributed by atoms with van der Waals surface area (Å²) in [6, 6.07) is 9.38. The summed E-state index contributed by atoms with van der Waals surface area (Å²) in [4.78, 5) is 18.8. The van der Waals surface area contributed by atoms with Crippen molar-refractivity contribution in [2.75, 3.05) is 18.5 Å². The lowest BCUT2D eigenvalue weighted by atomic mass is 10.2. The van der Waals surface area contributed by atoms with Crippen molar-refractivity contribution in [1.82, 2.24) is 4.98 Å². The molecule has 3 aromatic rings. The molecule has 0 spiro atoms. The highest BCUT2D eigenvalue weighted by molar-refractivity contribution is 7.22. The van der Waals surface area contributed by atoms with Crippen molar-refractivity contribution < 1.29 is 14.3 Å². The second-order valence-corrected chi connectivity index (χ2v) is 7.17. The SMILES string of the molecule is Cc1nc(-c2cccs2)sc1C(=O)Nc1ccc2c(c1)OCCO2. The molecular weight excluding hydrogens is 344 g/mol. The summed E-state index contributed by atoms with van der Waals surface area (Å²) in [5, 5.41) is 5.78. The number of thiazole rings is 1. The van der Waals surface area contributed by atoms with Gasteiger partial charge in [-0.15, -0.1) is 22.7 Å². The maximum Gasteiger partial charge on any atom is 0.267 e. The van der Waals surface area contributed by atoms with Crippen LogP contribution >= 0.6 is 22.7 Å². The van der Waals surface area contributed by atoms with E-state index in [4.69, 9.17) is 9.47 Å². The lowest BCUT2D eigenvalue weighted by Gasteiger charge is -2.18. The van der Waals surface area contributed by atoms with E-state index in [1.54, 1.807) is 23.5 Å². The first-order valence-corrected chi connectivity index (χ1v) is 9.12. The van der Waals surface area contributed by atoms with Gasteiger partial charge in [-0.05, 0) is 30.5 Å². The van der Waals surface area contributed by atoms with Crippen molar-refractivity contribution in [3.05, 3.63) is 46.3 Å². The van der Waals surface area contributed by atoms with Gasteiger partial charge in [0.15, 0.2) is 11.5 Å². The molecule has 0 saturated heterocycles. The van der Waals surface area contributed by atoms with Crippen LogP contribution in [0, 0.1) is 6.92 Å². The quantitative estimate of drug-likeness (QED) is 0.762. The fourth-order valence-electron chi connectivity index (χ4n) is 2.42. The number of benzene rings is 1. The number of hydrogen-bond donors (Lipinski definition) is 1. The van der Waals surface area contributed by atoms with Crippen molar-refractivity contribution in [2.24, 2.45) is 0 Å². The lowest BCUT2D eigenvalue weighted by Crippen LogP contribution is -2.16. The Labute approximate surface area is 146 Å². The minimum Gasteiger partial charge on any atom is -0.486 e. The molecule has 7 heteroatoms. The van der Waals surface area contributed by atoms with Crippen molar-refractivity contribution in [2.45, 2.75) is 6.92 Å². The summed E-state index contributed by atoms with van der Waals surface area (Å²) in [6.07, 6.45) is 0. The number of thiophene rings is 1. The number of aryl methyl sites for hydroxylation is 1. The fourth-order valence-corrected chi connectivity index (χ4v) is 4.18. The molecule has 1 N–H and O–H groups in total. The molecule has 0 saturated carbocycles. The standard InChI is InChI=1S/C17H14N2O3S2/c1-10-15(24-17(18-10)14-3-2-8-23-14)16(20)19-11-4-5-12-13(9-11)22-7-6-21-12/h2-5,8-9H,6-7H2,1H3,(H,19,20). The molecule has 24 heavy (non-hydrogen) atoms. The third kappa shape index (κ3) is 2.88. The zero-order chi connectivity index (χ0) is 16.5. The predicted octanol–water partition coefficient (Wildman–Crippen LogP) is 4.20. The Balaban J connectivity index is 1.56. The summed E-state index contributed by atoms with van der Waals surface area (Å²) in [6.45, 7) is 2.92. The molecule has 1 aliphatic heterocycles. The Kier molecular flexibility index (Phi) is 3.95. The first-order valence-electron chi connectivity index (χ1n) is 7.43. The monoisotopic (exact) mass is 358 g/mol. The summed E-state index contributed by atoms with van der Waals surface area (Å²) < 4.78 is 11.0. The summed E-state index contributed by atoms with van der Waals surface area (Å²) in [5.74, 6) is 1.19. The third-order valence-corrected chi connectivity index (χ3v) is 5.73. The van der Waals surface area contributed by atoms with Gasteiger partial charge in [0.05, 0.1) is 10.6 Å². The smallest absolute Gasteiger partial charge is 0.267 e. The molecule has 0 atom stereocenters. The summed E-state index contributed by atoms with van der Waals surface area (Å²) in [7, 11) is 0. The van der Waals surface area contributed by atoms with Crippen LogP contribution in [0.2, 0.25) is 0 Å². The molecule has 5 nitrogen and oxygen atoms in total. The van der Waals surface area contributed by atoms with Crippen LogP contribution in [0.25, 0.3) is 9.88 Å². The normalized spacial score (nSPS) is 12.9. The fraction of sp³-hybridized carbons (Fsp3) is 0.176. The number of amides is 1. The van der Waals surface area contributed by atoms with Gasteiger partial charge in [0.25, 0.3) is 5.91 Å². The molecule has 0 bridgehead atoms. The number of carbonyl (C=O) groups is 1. The predicted molar refractivity (Wildman–Crippen MR) is 95.5 cm³/mol. The minimum atomic E-state index is -0.163. The Morgan fingerprint density at radius 1 is 1.21 bits per heavy atom. The number of aromatic nitrogens is 1. The Hall–Kier alpha value is -2.38. The molecule has 1 aromatic carbocycles. The average Bonchev–Trinajstić information content (AvgIpc) is 3.24. The van der Waals surface area contributed by atoms with Crippen LogP contribution in [0.1, 0.15) is 15.4 Å². The number of ether oxygens (including phenoxy) is 2. The van der Waals surface area contributed by atoms with E-state index in [2.05, 4.69) is 10.3 Å². The molecule has 122 valence electrons. The van der Waals surface area contributed by atoms with E-state index < -0.39 is 0 Å². The maximum absolute atomic E-state index is 12.6. The first kappa shape index (κ1) is 15.2. The number of fused-ring (bicyclic) bond motifs is 1. The van der Waals surface area contributed by atoms with Crippen molar-refractivity contribution in [3.63, 3.8) is 0 Å². The largest absolute Gasteiger partial charge is 0.486 e. The van der Waals surface area contributed by atoms with E-state index >= 15 is 0 Å². The van der Waals surface area contributed by atoms with Crippen molar-refractivity contribution in [1.29, 1.82) is 0 Å². The molecule has 0 radical (unpaired) electrons. The van der Waals surface area contributed by atoms with E-state index in [1.807, 2.05) is 30.5 Å². The van der Waals surface area contributed by atoms with Gasteiger partial charge in [0.2, 0.25) is 0 Å². The zero-order valence-electron chi connectivity index (χ0n) is 12.9. The highest BCUT2D eigenvalue weighted by Gasteiger charge is 2.18. The molecule has 4 rings (SSSR count). The van der Waals surface area contributed by atoms with Gasteiger partial charge in [0.1, 0.15) is 23.1 Å². The second-order valence-electron chi connectivity index (χ2n) is 5.22. The Morgan fingerprint density at radius 3 is 2.83 bits per heavy atom. The maximum atomic E-state index is 12.6.